The maximum atomic E-state index is 13.2. The summed E-state index contributed by atoms with van der Waals surface area (Å²) in [4.78, 5) is 41.8. The van der Waals surface area contributed by atoms with Crippen molar-refractivity contribution in [2.75, 3.05) is 17.4 Å². The lowest BCUT2D eigenvalue weighted by molar-refractivity contribution is -0.763. The standard InChI is InChI=1S/C22H17N5O6S/c1-3-8-34-22-23-20(29)19-13-6-4-5-7-15(13)25(12(2)28)21(26(19)24-22)14-9-17-18(33-11-32-17)10-16(14)27(30)31/h3-7,9-10,21H,1,8,11H2,2H3/p+1. The predicted molar refractivity (Wildman–Crippen MR) is 122 cm³/mol. The van der Waals surface area contributed by atoms with E-state index in [9.17, 15) is 19.7 Å². The molecule has 1 amide bonds. The third-order valence-electron chi connectivity index (χ3n) is 5.43. The average molecular weight is 480 g/mol. The molecule has 0 saturated carbocycles. The van der Waals surface area contributed by atoms with Gasteiger partial charge >= 0.3 is 11.3 Å². The van der Waals surface area contributed by atoms with Crippen molar-refractivity contribution in [2.24, 2.45) is 0 Å². The van der Waals surface area contributed by atoms with Crippen LogP contribution in [0.25, 0.3) is 11.3 Å². The Bertz CT molecular complexity index is 1420. The maximum absolute atomic E-state index is 13.2. The molecule has 3 heterocycles. The van der Waals surface area contributed by atoms with Crippen LogP contribution in [0, 0.1) is 10.1 Å². The molecule has 0 saturated heterocycles. The van der Waals surface area contributed by atoms with Crippen molar-refractivity contribution in [3.63, 3.8) is 0 Å². The number of anilines is 1. The van der Waals surface area contributed by atoms with Gasteiger partial charge in [0, 0.05) is 23.8 Å². The first-order valence-corrected chi connectivity index (χ1v) is 11.2. The number of nitro groups is 1. The van der Waals surface area contributed by atoms with Crippen LogP contribution in [0.1, 0.15) is 18.7 Å². The number of benzene rings is 2. The van der Waals surface area contributed by atoms with Crippen molar-refractivity contribution in [1.82, 2.24) is 10.1 Å². The van der Waals surface area contributed by atoms with Gasteiger partial charge in [0.1, 0.15) is 5.56 Å². The number of thioether (sulfide) groups is 1. The largest absolute Gasteiger partial charge is 0.454 e. The van der Waals surface area contributed by atoms with Crippen LogP contribution in [0.4, 0.5) is 11.4 Å². The fourth-order valence-electron chi connectivity index (χ4n) is 4.11. The zero-order chi connectivity index (χ0) is 24.0. The van der Waals surface area contributed by atoms with Gasteiger partial charge in [-0.05, 0) is 16.8 Å². The molecule has 12 heteroatoms. The minimum Gasteiger partial charge on any atom is -0.454 e. The van der Waals surface area contributed by atoms with E-state index in [1.54, 1.807) is 30.3 Å². The first-order chi connectivity index (χ1) is 16.4. The van der Waals surface area contributed by atoms with E-state index in [2.05, 4.69) is 16.7 Å². The predicted octanol–water partition coefficient (Wildman–Crippen LogP) is 2.55. The molecule has 2 aliphatic heterocycles. The number of nitro benzene ring substituents is 1. The summed E-state index contributed by atoms with van der Waals surface area (Å²) in [5.41, 5.74) is 0.486. The number of aromatic amines is 1. The van der Waals surface area contributed by atoms with E-state index in [-0.39, 0.29) is 40.6 Å². The third-order valence-corrected chi connectivity index (χ3v) is 6.29. The van der Waals surface area contributed by atoms with Crippen LogP contribution in [0.5, 0.6) is 11.5 Å². The number of aromatic nitrogens is 3. The smallest absolute Gasteiger partial charge is 0.325 e. The lowest BCUT2D eigenvalue weighted by Crippen LogP contribution is -2.60. The summed E-state index contributed by atoms with van der Waals surface area (Å²) >= 11 is 1.24. The molecule has 0 bridgehead atoms. The number of fused-ring (bicyclic) bond motifs is 4. The normalized spacial score (nSPS) is 15.4. The van der Waals surface area contributed by atoms with Crippen LogP contribution in [0.2, 0.25) is 0 Å². The zero-order valence-corrected chi connectivity index (χ0v) is 18.7. The number of para-hydroxylation sites is 1. The number of rotatable bonds is 5. The Kier molecular flexibility index (Phi) is 5.28. The number of hydrogen-bond donors (Lipinski definition) is 1. The van der Waals surface area contributed by atoms with Gasteiger partial charge in [-0.3, -0.25) is 24.7 Å². The van der Waals surface area contributed by atoms with Gasteiger partial charge in [-0.2, -0.15) is 0 Å². The highest BCUT2D eigenvalue weighted by Gasteiger charge is 2.48. The second kappa shape index (κ2) is 8.30. The lowest BCUT2D eigenvalue weighted by Gasteiger charge is -2.31. The van der Waals surface area contributed by atoms with Crippen LogP contribution in [0.15, 0.2) is 59.0 Å². The number of nitrogens with zero attached hydrogens (tertiary/aromatic N) is 4. The van der Waals surface area contributed by atoms with E-state index in [1.165, 1.54) is 40.4 Å². The van der Waals surface area contributed by atoms with Crippen molar-refractivity contribution in [2.45, 2.75) is 18.2 Å². The summed E-state index contributed by atoms with van der Waals surface area (Å²) in [6, 6.07) is 9.58. The first-order valence-electron chi connectivity index (χ1n) is 10.2. The van der Waals surface area contributed by atoms with Gasteiger partial charge < -0.3 is 9.47 Å². The Morgan fingerprint density at radius 2 is 2.12 bits per heavy atom. The van der Waals surface area contributed by atoms with E-state index in [4.69, 9.17) is 9.47 Å². The number of amides is 1. The van der Waals surface area contributed by atoms with E-state index in [0.717, 1.165) is 0 Å². The summed E-state index contributed by atoms with van der Waals surface area (Å²) in [6.07, 6.45) is 0.536. The van der Waals surface area contributed by atoms with Crippen molar-refractivity contribution in [3.8, 4) is 22.8 Å². The Morgan fingerprint density at radius 1 is 1.38 bits per heavy atom. The number of hydrogen-bond acceptors (Lipinski definition) is 8. The summed E-state index contributed by atoms with van der Waals surface area (Å²) < 4.78 is 12.1. The van der Waals surface area contributed by atoms with Gasteiger partial charge in [-0.1, -0.05) is 30.0 Å². The minimum absolute atomic E-state index is 0.0795. The molecule has 34 heavy (non-hydrogen) atoms. The van der Waals surface area contributed by atoms with Gasteiger partial charge in [0.05, 0.1) is 22.2 Å². The van der Waals surface area contributed by atoms with Gasteiger partial charge in [-0.15, -0.1) is 6.58 Å². The van der Waals surface area contributed by atoms with Gasteiger partial charge in [0.25, 0.3) is 11.9 Å². The quantitative estimate of drug-likeness (QED) is 0.194. The van der Waals surface area contributed by atoms with Crippen LogP contribution >= 0.6 is 11.8 Å². The van der Waals surface area contributed by atoms with Crippen molar-refractivity contribution >= 4 is 29.0 Å². The Labute approximate surface area is 196 Å². The molecule has 2 aliphatic rings. The molecule has 0 radical (unpaired) electrons. The third kappa shape index (κ3) is 3.39. The van der Waals surface area contributed by atoms with Gasteiger partial charge in [0.15, 0.2) is 11.5 Å². The summed E-state index contributed by atoms with van der Waals surface area (Å²) in [5, 5.41) is 16.9. The molecule has 11 nitrogen and oxygen atoms in total. The van der Waals surface area contributed by atoms with E-state index < -0.39 is 16.6 Å². The lowest BCUT2D eigenvalue weighted by atomic mass is 10.00. The molecule has 1 N–H and O–H groups in total. The molecule has 5 rings (SSSR count). The average Bonchev–Trinajstić information content (AvgIpc) is 3.28. The topological polar surface area (TPSA) is 132 Å². The van der Waals surface area contributed by atoms with Crippen LogP contribution in [-0.4, -0.2) is 33.5 Å². The minimum atomic E-state index is -1.12. The van der Waals surface area contributed by atoms with Gasteiger partial charge in [-0.25, -0.2) is 4.90 Å². The molecule has 0 fully saturated rings. The fraction of sp³-hybridized carbons (Fsp3) is 0.182. The Hall–Kier alpha value is -4.19. The highest BCUT2D eigenvalue weighted by atomic mass is 32.2. The number of carbonyl (C=O) groups is 1. The van der Waals surface area contributed by atoms with Crippen molar-refractivity contribution in [3.05, 3.63) is 75.1 Å². The van der Waals surface area contributed by atoms with Crippen LogP contribution < -0.4 is 24.6 Å². The van der Waals surface area contributed by atoms with E-state index in [1.807, 2.05) is 0 Å². The van der Waals surface area contributed by atoms with E-state index >= 15 is 0 Å². The molecular weight excluding hydrogens is 462 g/mol. The summed E-state index contributed by atoms with van der Waals surface area (Å²) in [7, 11) is 0. The first kappa shape index (κ1) is 21.6. The number of ether oxygens (including phenoxy) is 2. The summed E-state index contributed by atoms with van der Waals surface area (Å²) in [5.74, 6) is 0.623. The van der Waals surface area contributed by atoms with Crippen molar-refractivity contribution in [1.29, 1.82) is 0 Å². The summed E-state index contributed by atoms with van der Waals surface area (Å²) in [6.45, 7) is 4.95. The SMILES string of the molecule is C=CCSc1n[n+]2c(c(=O)[nH]1)-c1ccccc1N(C(C)=O)C2c1cc2c(cc1[N+](=O)[O-])OCO2. The molecule has 1 unspecified atom stereocenters. The van der Waals surface area contributed by atoms with Crippen molar-refractivity contribution < 1.29 is 23.9 Å². The van der Waals surface area contributed by atoms with Crippen LogP contribution in [0.3, 0.4) is 0 Å². The highest BCUT2D eigenvalue weighted by Crippen LogP contribution is 2.44. The molecule has 1 atom stereocenters. The van der Waals surface area contributed by atoms with Gasteiger partial charge in [0.2, 0.25) is 17.9 Å². The maximum Gasteiger partial charge on any atom is 0.325 e. The Balaban J connectivity index is 1.85. The highest BCUT2D eigenvalue weighted by molar-refractivity contribution is 7.99. The monoisotopic (exact) mass is 480 g/mol. The fourth-order valence-corrected chi connectivity index (χ4v) is 4.69. The molecule has 0 spiro atoms. The molecule has 172 valence electrons. The number of nitrogens with one attached hydrogen (secondary N) is 1. The van der Waals surface area contributed by atoms with E-state index in [0.29, 0.717) is 22.8 Å². The zero-order valence-electron chi connectivity index (χ0n) is 17.9. The number of carbonyl (C=O) groups excluding carboxylic acids is 1. The molecule has 3 aromatic rings. The second-order valence-corrected chi connectivity index (χ2v) is 8.46. The molecule has 0 aliphatic carbocycles. The molecular formula is C22H18N5O6S+. The second-order valence-electron chi connectivity index (χ2n) is 7.45. The molecule has 2 aromatic carbocycles. The Morgan fingerprint density at radius 3 is 2.82 bits per heavy atom. The molecule has 1 aromatic heterocycles. The van der Waals surface area contributed by atoms with Crippen LogP contribution in [-0.2, 0) is 4.79 Å². The number of H-pyrrole nitrogens is 1.